The number of carbonyl (C=O) groups excluding carboxylic acids is 1. The zero-order valence-electron chi connectivity index (χ0n) is 10.3. The number of nitrogens with zero attached hydrogens (tertiary/aromatic N) is 1. The van der Waals surface area contributed by atoms with E-state index in [1.807, 2.05) is 7.05 Å². The van der Waals surface area contributed by atoms with Crippen molar-refractivity contribution in [2.75, 3.05) is 26.8 Å². The topological polar surface area (TPSA) is 41.6 Å². The fourth-order valence-corrected chi connectivity index (χ4v) is 2.57. The molecule has 16 heavy (non-hydrogen) atoms. The van der Waals surface area contributed by atoms with Crippen molar-refractivity contribution < 1.29 is 9.53 Å². The number of nitrogens with one attached hydrogen (secondary N) is 1. The second-order valence-corrected chi connectivity index (χ2v) is 5.16. The van der Waals surface area contributed by atoms with Crippen LogP contribution in [0.5, 0.6) is 0 Å². The summed E-state index contributed by atoms with van der Waals surface area (Å²) < 4.78 is 5.29. The summed E-state index contributed by atoms with van der Waals surface area (Å²) in [5, 5.41) is 3.17. The molecule has 1 atom stereocenters. The minimum absolute atomic E-state index is 0.194. The Morgan fingerprint density at radius 1 is 1.44 bits per heavy atom. The van der Waals surface area contributed by atoms with Gasteiger partial charge in [0.2, 0.25) is 5.91 Å². The lowest BCUT2D eigenvalue weighted by Gasteiger charge is -2.33. The van der Waals surface area contributed by atoms with Gasteiger partial charge in [-0.05, 0) is 46.2 Å². The van der Waals surface area contributed by atoms with Crippen molar-refractivity contribution in [3.63, 3.8) is 0 Å². The van der Waals surface area contributed by atoms with E-state index in [1.54, 1.807) is 0 Å². The normalized spacial score (nSPS) is 32.9. The molecule has 4 heteroatoms. The van der Waals surface area contributed by atoms with Gasteiger partial charge in [0.1, 0.15) is 0 Å². The highest BCUT2D eigenvalue weighted by atomic mass is 16.5. The first-order valence-corrected chi connectivity index (χ1v) is 6.23. The zero-order chi connectivity index (χ0) is 11.6. The van der Waals surface area contributed by atoms with Crippen LogP contribution in [-0.2, 0) is 9.53 Å². The smallest absolute Gasteiger partial charge is 0.240 e. The molecule has 0 aromatic carbocycles. The van der Waals surface area contributed by atoms with Crippen LogP contribution in [0.3, 0.4) is 0 Å². The molecule has 0 aromatic heterocycles. The first-order chi connectivity index (χ1) is 7.63. The van der Waals surface area contributed by atoms with E-state index in [0.717, 1.165) is 45.4 Å². The van der Waals surface area contributed by atoms with Crippen molar-refractivity contribution in [1.29, 1.82) is 0 Å². The second-order valence-electron chi connectivity index (χ2n) is 5.16. The van der Waals surface area contributed by atoms with Crippen LogP contribution in [-0.4, -0.2) is 49.2 Å². The molecule has 1 N–H and O–H groups in total. The molecule has 92 valence electrons. The molecule has 0 unspecified atom stereocenters. The van der Waals surface area contributed by atoms with Crippen LogP contribution in [0.2, 0.25) is 0 Å². The highest BCUT2D eigenvalue weighted by Crippen LogP contribution is 2.27. The third kappa shape index (κ3) is 2.23. The maximum atomic E-state index is 12.3. The molecule has 0 radical (unpaired) electrons. The van der Waals surface area contributed by atoms with Crippen molar-refractivity contribution >= 4 is 5.91 Å². The molecule has 2 aliphatic heterocycles. The fraction of sp³-hybridized carbons (Fsp3) is 0.917. The van der Waals surface area contributed by atoms with Gasteiger partial charge >= 0.3 is 0 Å². The summed E-state index contributed by atoms with van der Waals surface area (Å²) in [6.45, 7) is 4.63. The molecule has 2 heterocycles. The number of rotatable bonds is 2. The highest BCUT2D eigenvalue weighted by molar-refractivity contribution is 5.86. The SMILES string of the molecule is CN1CCC[C@]1(C)C(=O)NC1CCOCC1. The van der Waals surface area contributed by atoms with Gasteiger partial charge in [0.05, 0.1) is 5.54 Å². The number of hydrogen-bond donors (Lipinski definition) is 1. The van der Waals surface area contributed by atoms with Gasteiger partial charge in [-0.1, -0.05) is 0 Å². The van der Waals surface area contributed by atoms with Gasteiger partial charge in [-0.2, -0.15) is 0 Å². The van der Waals surface area contributed by atoms with E-state index in [-0.39, 0.29) is 11.4 Å². The molecule has 0 saturated carbocycles. The number of amides is 1. The summed E-state index contributed by atoms with van der Waals surface area (Å²) >= 11 is 0. The number of hydrogen-bond acceptors (Lipinski definition) is 3. The molecular weight excluding hydrogens is 204 g/mol. The van der Waals surface area contributed by atoms with Crippen LogP contribution in [0.1, 0.15) is 32.6 Å². The van der Waals surface area contributed by atoms with Gasteiger partial charge in [-0.25, -0.2) is 0 Å². The van der Waals surface area contributed by atoms with Crippen LogP contribution in [0.15, 0.2) is 0 Å². The van der Waals surface area contributed by atoms with Gasteiger partial charge in [-0.15, -0.1) is 0 Å². The fourth-order valence-electron chi connectivity index (χ4n) is 2.57. The van der Waals surface area contributed by atoms with Crippen molar-refractivity contribution in [3.8, 4) is 0 Å². The monoisotopic (exact) mass is 226 g/mol. The second kappa shape index (κ2) is 4.72. The van der Waals surface area contributed by atoms with Crippen LogP contribution in [0.4, 0.5) is 0 Å². The van der Waals surface area contributed by atoms with Gasteiger partial charge in [-0.3, -0.25) is 9.69 Å². The average molecular weight is 226 g/mol. The third-order valence-corrected chi connectivity index (χ3v) is 4.05. The number of carbonyl (C=O) groups is 1. The number of likely N-dealkylation sites (N-methyl/N-ethyl adjacent to an activating group) is 1. The van der Waals surface area contributed by atoms with Crippen molar-refractivity contribution in [2.24, 2.45) is 0 Å². The van der Waals surface area contributed by atoms with Crippen LogP contribution < -0.4 is 5.32 Å². The Bertz CT molecular complexity index is 264. The molecule has 2 saturated heterocycles. The Morgan fingerprint density at radius 3 is 2.69 bits per heavy atom. The van der Waals surface area contributed by atoms with E-state index in [1.165, 1.54) is 0 Å². The molecule has 2 fully saturated rings. The minimum Gasteiger partial charge on any atom is -0.381 e. The largest absolute Gasteiger partial charge is 0.381 e. The van der Waals surface area contributed by atoms with E-state index in [2.05, 4.69) is 17.1 Å². The van der Waals surface area contributed by atoms with Crippen molar-refractivity contribution in [3.05, 3.63) is 0 Å². The molecule has 0 aliphatic carbocycles. The summed E-state index contributed by atoms with van der Waals surface area (Å²) in [5.41, 5.74) is -0.293. The van der Waals surface area contributed by atoms with E-state index in [9.17, 15) is 4.79 Å². The molecule has 1 amide bonds. The maximum Gasteiger partial charge on any atom is 0.240 e. The van der Waals surface area contributed by atoms with Gasteiger partial charge < -0.3 is 10.1 Å². The number of likely N-dealkylation sites (tertiary alicyclic amines) is 1. The predicted molar refractivity (Wildman–Crippen MR) is 62.3 cm³/mol. The summed E-state index contributed by atoms with van der Waals surface area (Å²) in [4.78, 5) is 14.4. The molecule has 0 bridgehead atoms. The lowest BCUT2D eigenvalue weighted by atomic mass is 9.97. The van der Waals surface area contributed by atoms with Gasteiger partial charge in [0.25, 0.3) is 0 Å². The predicted octanol–water partition coefficient (Wildman–Crippen LogP) is 0.766. The molecule has 0 aromatic rings. The highest BCUT2D eigenvalue weighted by Gasteiger charge is 2.41. The Morgan fingerprint density at radius 2 is 2.12 bits per heavy atom. The average Bonchev–Trinajstić information content (AvgIpc) is 2.62. The van der Waals surface area contributed by atoms with Crippen LogP contribution in [0, 0.1) is 0 Å². The summed E-state index contributed by atoms with van der Waals surface area (Å²) in [6, 6.07) is 0.312. The lowest BCUT2D eigenvalue weighted by molar-refractivity contribution is -0.131. The van der Waals surface area contributed by atoms with E-state index in [4.69, 9.17) is 4.74 Å². The zero-order valence-corrected chi connectivity index (χ0v) is 10.3. The van der Waals surface area contributed by atoms with Gasteiger partial charge in [0, 0.05) is 19.3 Å². The first-order valence-electron chi connectivity index (χ1n) is 6.23. The molecule has 4 nitrogen and oxygen atoms in total. The van der Waals surface area contributed by atoms with Gasteiger partial charge in [0.15, 0.2) is 0 Å². The summed E-state index contributed by atoms with van der Waals surface area (Å²) in [5.74, 6) is 0.194. The maximum absolute atomic E-state index is 12.3. The van der Waals surface area contributed by atoms with Crippen molar-refractivity contribution in [1.82, 2.24) is 10.2 Å². The number of ether oxygens (including phenoxy) is 1. The Kier molecular flexibility index (Phi) is 3.50. The molecular formula is C12H22N2O2. The van der Waals surface area contributed by atoms with E-state index in [0.29, 0.717) is 6.04 Å². The summed E-state index contributed by atoms with van der Waals surface area (Å²) in [7, 11) is 2.04. The Hall–Kier alpha value is -0.610. The Balaban J connectivity index is 1.91. The quantitative estimate of drug-likeness (QED) is 0.756. The third-order valence-electron chi connectivity index (χ3n) is 4.05. The van der Waals surface area contributed by atoms with Crippen LogP contribution in [0.25, 0.3) is 0 Å². The Labute approximate surface area is 97.3 Å². The molecule has 2 aliphatic rings. The standard InChI is InChI=1S/C12H22N2O2/c1-12(6-3-7-14(12)2)11(15)13-10-4-8-16-9-5-10/h10H,3-9H2,1-2H3,(H,13,15)/t12-/m1/s1. The van der Waals surface area contributed by atoms with E-state index >= 15 is 0 Å². The molecule has 2 rings (SSSR count). The lowest BCUT2D eigenvalue weighted by Crippen LogP contribution is -2.55. The summed E-state index contributed by atoms with van der Waals surface area (Å²) in [6.07, 6.45) is 3.99. The van der Waals surface area contributed by atoms with E-state index < -0.39 is 0 Å². The molecule has 0 spiro atoms. The first kappa shape index (κ1) is 11.9. The van der Waals surface area contributed by atoms with Crippen molar-refractivity contribution in [2.45, 2.75) is 44.2 Å². The minimum atomic E-state index is -0.293. The van der Waals surface area contributed by atoms with Crippen LogP contribution >= 0.6 is 0 Å².